The second-order valence-electron chi connectivity index (χ2n) is 21.6. The zero-order chi connectivity index (χ0) is 49.3. The third kappa shape index (κ3) is 13.7. The van der Waals surface area contributed by atoms with Crippen LogP contribution in [0.5, 0.6) is 0 Å². The van der Waals surface area contributed by atoms with Crippen LogP contribution in [0.2, 0.25) is 18.1 Å². The maximum Gasteiger partial charge on any atom is 0.329 e. The third-order valence-corrected chi connectivity index (χ3v) is 20.0. The lowest BCUT2D eigenvalue weighted by atomic mass is 9.81. The van der Waals surface area contributed by atoms with E-state index in [0.717, 1.165) is 17.6 Å². The summed E-state index contributed by atoms with van der Waals surface area (Å²) in [7, 11) is 2.23. The Balaban J connectivity index is 1.87. The Labute approximate surface area is 397 Å². The number of ether oxygens (including phenoxy) is 6. The molecule has 4 aliphatic rings. The van der Waals surface area contributed by atoms with E-state index in [1.165, 1.54) is 4.90 Å². The van der Waals surface area contributed by atoms with Crippen LogP contribution >= 0.6 is 0 Å². The number of carbonyl (C=O) groups is 4. The summed E-state index contributed by atoms with van der Waals surface area (Å²) in [5, 5.41) is 21.4. The summed E-state index contributed by atoms with van der Waals surface area (Å²) in [5.74, 6) is -6.88. The van der Waals surface area contributed by atoms with Crippen LogP contribution in [0.25, 0.3) is 0 Å². The van der Waals surface area contributed by atoms with Crippen molar-refractivity contribution < 1.29 is 62.2 Å². The van der Waals surface area contributed by atoms with Gasteiger partial charge in [0, 0.05) is 52.0 Å². The number of piperidine rings is 1. The molecule has 0 radical (unpaired) electrons. The summed E-state index contributed by atoms with van der Waals surface area (Å²) in [5.41, 5.74) is 1.83. The van der Waals surface area contributed by atoms with Gasteiger partial charge in [-0.05, 0) is 114 Å². The Morgan fingerprint density at radius 3 is 2.17 bits per heavy atom. The number of esters is 1. The quantitative estimate of drug-likeness (QED) is 0.0901. The van der Waals surface area contributed by atoms with Crippen LogP contribution in [0.1, 0.15) is 133 Å². The monoisotopic (exact) mass is 950 g/mol. The van der Waals surface area contributed by atoms with Gasteiger partial charge in [-0.2, -0.15) is 0 Å². The zero-order valence-electron chi connectivity index (χ0n) is 42.9. The molecule has 0 aromatic heterocycles. The fourth-order valence-corrected chi connectivity index (χ4v) is 11.9. The van der Waals surface area contributed by atoms with Crippen molar-refractivity contribution >= 4 is 31.8 Å². The van der Waals surface area contributed by atoms with Crippen molar-refractivity contribution in [3.63, 3.8) is 0 Å². The minimum absolute atomic E-state index is 0.0450. The second kappa shape index (κ2) is 24.5. The van der Waals surface area contributed by atoms with Crippen molar-refractivity contribution in [1.82, 2.24) is 4.90 Å². The average molecular weight is 950 g/mol. The van der Waals surface area contributed by atoms with E-state index < -0.39 is 80.2 Å². The molecule has 4 rings (SSSR count). The highest BCUT2D eigenvalue weighted by Gasteiger charge is 2.57. The zero-order valence-corrected chi connectivity index (χ0v) is 43.9. The first kappa shape index (κ1) is 56.2. The fourth-order valence-electron chi connectivity index (χ4n) is 10.5. The Morgan fingerprint density at radius 2 is 1.56 bits per heavy atom. The lowest BCUT2D eigenvalue weighted by molar-refractivity contribution is -0.302. The smallest absolute Gasteiger partial charge is 0.329 e. The molecule has 0 aromatic rings. The van der Waals surface area contributed by atoms with Gasteiger partial charge in [0.15, 0.2) is 8.32 Å². The third-order valence-electron chi connectivity index (χ3n) is 15.5. The van der Waals surface area contributed by atoms with Crippen molar-refractivity contribution in [2.75, 3.05) is 41.1 Å². The van der Waals surface area contributed by atoms with E-state index in [2.05, 4.69) is 52.9 Å². The number of hydrogen-bond acceptors (Lipinski definition) is 13. The first-order valence-electron chi connectivity index (χ1n) is 24.8. The summed E-state index contributed by atoms with van der Waals surface area (Å²) < 4.78 is 43.9. The molecule has 14 unspecified atom stereocenters. The number of cyclic esters (lactones) is 1. The minimum atomic E-state index is -2.53. The number of ketones is 2. The molecule has 0 spiro atoms. The van der Waals surface area contributed by atoms with Gasteiger partial charge in [-0.25, -0.2) is 4.79 Å². The average Bonchev–Trinajstić information content (AvgIpc) is 3.27. The normalized spacial score (nSPS) is 36.8. The van der Waals surface area contributed by atoms with Gasteiger partial charge in [0.2, 0.25) is 5.79 Å². The molecule has 3 aliphatic heterocycles. The number of hydrogen-bond donors (Lipinski definition) is 2. The fraction of sp³-hybridized carbons (Fsp3) is 0.843. The molecular weight excluding hydrogens is 863 g/mol. The van der Waals surface area contributed by atoms with E-state index in [0.29, 0.717) is 44.9 Å². The van der Waals surface area contributed by atoms with Crippen LogP contribution in [0, 0.1) is 29.6 Å². The van der Waals surface area contributed by atoms with Crippen LogP contribution < -0.4 is 0 Å². The largest absolute Gasteiger partial charge is 0.456 e. The molecule has 3 fully saturated rings. The number of carbonyl (C=O) groups excluding carboxylic acids is 4. The minimum Gasteiger partial charge on any atom is -0.456 e. The van der Waals surface area contributed by atoms with Crippen molar-refractivity contribution in [3.8, 4) is 0 Å². The van der Waals surface area contributed by atoms with Crippen LogP contribution in [0.15, 0.2) is 23.3 Å². The molecule has 14 atom stereocenters. The van der Waals surface area contributed by atoms with Gasteiger partial charge in [-0.3, -0.25) is 14.4 Å². The number of amides is 1. The highest BCUT2D eigenvalue weighted by molar-refractivity contribution is 6.74. The summed E-state index contributed by atoms with van der Waals surface area (Å²) in [6, 6.07) is -1.11. The molecule has 0 aromatic carbocycles. The maximum absolute atomic E-state index is 14.9. The molecule has 66 heavy (non-hydrogen) atoms. The van der Waals surface area contributed by atoms with Crippen LogP contribution in [-0.2, 0) is 52.0 Å². The summed E-state index contributed by atoms with van der Waals surface area (Å²) >= 11 is 0. The van der Waals surface area contributed by atoms with E-state index in [-0.39, 0.29) is 79.8 Å². The van der Waals surface area contributed by atoms with Gasteiger partial charge < -0.3 is 48.0 Å². The summed E-state index contributed by atoms with van der Waals surface area (Å²) in [6.45, 7) is 22.8. The molecule has 14 nitrogen and oxygen atoms in total. The Bertz CT molecular complexity index is 1690. The van der Waals surface area contributed by atoms with Gasteiger partial charge in [-0.1, -0.05) is 66.2 Å². The van der Waals surface area contributed by atoms with E-state index in [9.17, 15) is 29.4 Å². The Kier molecular flexibility index (Phi) is 20.9. The van der Waals surface area contributed by atoms with Crippen molar-refractivity contribution in [1.29, 1.82) is 0 Å². The number of fused-ring (bicyclic) bond motifs is 3. The molecule has 1 saturated carbocycles. The van der Waals surface area contributed by atoms with E-state index in [4.69, 9.17) is 32.8 Å². The summed E-state index contributed by atoms with van der Waals surface area (Å²) in [6.07, 6.45) is 5.96. The number of nitrogens with zero attached hydrogens (tertiary/aromatic N) is 1. The lowest BCUT2D eigenvalue weighted by Crippen LogP contribution is -2.64. The van der Waals surface area contributed by atoms with Gasteiger partial charge in [0.1, 0.15) is 24.0 Å². The molecule has 2 saturated heterocycles. The Morgan fingerprint density at radius 1 is 0.909 bits per heavy atom. The number of allylic oxidation sites excluding steroid dienone is 3. The molecule has 2 bridgehead atoms. The first-order chi connectivity index (χ1) is 31.0. The standard InChI is InChI=1S/C51H87NO13Si/c1-15-37-25-31(2)24-32(3)26-43(60-11)46-44(61-12)28-34(5)51(58,64-46)47(55)48(56)52-21-17-16-18-38(52)49(57)63-45(35(6)41(30-39(37)54)65-66(13,14)50(7,8)9)33(4)27-36-19-20-40(62-23-22-53)42(29-36)59-10/h25,27,32,34-38,40-46,53,58H,15-24,26,28-30H2,1-14H3. The molecule has 2 N–H and O–H groups in total. The van der Waals surface area contributed by atoms with Gasteiger partial charge >= 0.3 is 5.97 Å². The van der Waals surface area contributed by atoms with Gasteiger partial charge in [-0.15, -0.1) is 0 Å². The van der Waals surface area contributed by atoms with E-state index in [1.54, 1.807) is 28.3 Å². The number of methoxy groups -OCH3 is 3. The number of rotatable bonds is 11. The van der Waals surface area contributed by atoms with Crippen LogP contribution in [-0.4, -0.2) is 143 Å². The molecular formula is C51H87NO13Si. The highest BCUT2D eigenvalue weighted by atomic mass is 28.4. The molecule has 1 aliphatic carbocycles. The maximum atomic E-state index is 14.9. The van der Waals surface area contributed by atoms with Crippen LogP contribution in [0.3, 0.4) is 0 Å². The summed E-state index contributed by atoms with van der Waals surface area (Å²) in [4.78, 5) is 59.8. The van der Waals surface area contributed by atoms with Crippen LogP contribution in [0.4, 0.5) is 0 Å². The topological polar surface area (TPSA) is 177 Å². The van der Waals surface area contributed by atoms with Gasteiger partial charge in [0.25, 0.3) is 11.7 Å². The lowest BCUT2D eigenvalue weighted by Gasteiger charge is -2.47. The number of aliphatic hydroxyl groups is 2. The number of aliphatic hydroxyl groups excluding tert-OH is 1. The van der Waals surface area contributed by atoms with Gasteiger partial charge in [0.05, 0.1) is 43.7 Å². The molecule has 3 heterocycles. The van der Waals surface area contributed by atoms with E-state index >= 15 is 0 Å². The van der Waals surface area contributed by atoms with Crippen molar-refractivity contribution in [2.24, 2.45) is 29.6 Å². The number of Topliss-reactive ketones (excluding diaryl/α,β-unsaturated/α-hetero) is 2. The SMILES string of the molecule is CCC1C=C(C)CC(C)CC(OC)C2OC(O)(C(=O)C(=O)N3CCCCC3C(=O)OC(C(C)=CC3CCC(OCCO)C(OC)C3)C(C)C(O[Si](C)(C)C(C)(C)C)CC1=O)C(C)CC2OC. The predicted octanol–water partition coefficient (Wildman–Crippen LogP) is 7.52. The predicted molar refractivity (Wildman–Crippen MR) is 255 cm³/mol. The molecule has 15 heteroatoms. The first-order valence-corrected chi connectivity index (χ1v) is 27.7. The highest BCUT2D eigenvalue weighted by Crippen LogP contribution is 2.42. The molecule has 378 valence electrons. The second-order valence-corrected chi connectivity index (χ2v) is 26.3. The van der Waals surface area contributed by atoms with E-state index in [1.807, 2.05) is 27.7 Å². The van der Waals surface area contributed by atoms with Crippen molar-refractivity contribution in [3.05, 3.63) is 23.3 Å². The molecule has 1 amide bonds. The van der Waals surface area contributed by atoms with Crippen molar-refractivity contribution in [2.45, 2.75) is 206 Å². The Hall–Kier alpha value is -2.34.